The van der Waals surface area contributed by atoms with Gasteiger partial charge in [-0.3, -0.25) is 38.4 Å². The number of aliphatic hydroxyl groups is 2. The summed E-state index contributed by atoms with van der Waals surface area (Å²) in [6.45, 7) is 13.4. The number of aliphatic hydroxyl groups excluding tert-OH is 2. The summed E-state index contributed by atoms with van der Waals surface area (Å²) < 4.78 is 0. The molecule has 3 aromatic rings. The first kappa shape index (κ1) is 58.5. The molecule has 0 spiro atoms. The second kappa shape index (κ2) is 25.7. The number of nitrogens with zero attached hydrogens (tertiary/aromatic N) is 2. The quantitative estimate of drug-likeness (QED) is 0.0676. The third-order valence-electron chi connectivity index (χ3n) is 14.3. The average molecular weight is 1020 g/mol. The molecule has 18 nitrogen and oxygen atoms in total. The van der Waals surface area contributed by atoms with Gasteiger partial charge in [-0.05, 0) is 80.6 Å². The van der Waals surface area contributed by atoms with Crippen LogP contribution in [-0.2, 0) is 28.8 Å². The monoisotopic (exact) mass is 1020 g/mol. The van der Waals surface area contributed by atoms with E-state index in [1.807, 2.05) is 53.7 Å². The second-order valence-electron chi connectivity index (χ2n) is 22.0. The molecule has 18 heteroatoms. The number of ketones is 2. The van der Waals surface area contributed by atoms with Gasteiger partial charge in [0.15, 0.2) is 11.6 Å². The van der Waals surface area contributed by atoms with Crippen LogP contribution < -0.4 is 31.9 Å². The minimum atomic E-state index is -1.04. The largest absolute Gasteiger partial charge is 0.394 e. The van der Waals surface area contributed by atoms with Crippen molar-refractivity contribution in [2.75, 3.05) is 40.4 Å². The molecule has 0 bridgehead atoms. The van der Waals surface area contributed by atoms with Crippen molar-refractivity contribution in [1.82, 2.24) is 41.7 Å². The molecule has 0 saturated carbocycles. The van der Waals surface area contributed by atoms with Crippen LogP contribution in [0.3, 0.4) is 0 Å². The van der Waals surface area contributed by atoms with Crippen molar-refractivity contribution in [3.8, 4) is 0 Å². The fourth-order valence-electron chi connectivity index (χ4n) is 9.55. The number of hydrogen-bond acceptors (Lipinski definition) is 12. The van der Waals surface area contributed by atoms with Gasteiger partial charge in [0.1, 0.15) is 24.2 Å². The Morgan fingerprint density at radius 1 is 0.541 bits per heavy atom. The van der Waals surface area contributed by atoms with E-state index in [0.717, 1.165) is 0 Å². The molecule has 0 aliphatic carbocycles. The van der Waals surface area contributed by atoms with Crippen LogP contribution in [-0.4, -0.2) is 144 Å². The van der Waals surface area contributed by atoms with Gasteiger partial charge in [0.25, 0.3) is 0 Å². The number of likely N-dealkylation sites (tertiary alicyclic amines) is 2. The predicted octanol–water partition coefficient (Wildman–Crippen LogP) is 3.24. The highest BCUT2D eigenvalue weighted by molar-refractivity contribution is 6.02. The molecule has 2 saturated heterocycles. The molecule has 2 fully saturated rings. The number of Topliss-reactive ketones (excluding diaryl/α,β-unsaturated/α-hetero) is 2. The highest BCUT2D eigenvalue weighted by Gasteiger charge is 2.48. The molecule has 402 valence electrons. The highest BCUT2D eigenvalue weighted by Crippen LogP contribution is 2.34. The van der Waals surface area contributed by atoms with Gasteiger partial charge in [-0.2, -0.15) is 0 Å². The Morgan fingerprint density at radius 3 is 1.20 bits per heavy atom. The fraction of sp³-hybridized carbons (Fsp3) is 0.536. The zero-order chi connectivity index (χ0) is 54.7. The molecule has 2 aliphatic heterocycles. The van der Waals surface area contributed by atoms with Gasteiger partial charge in [0, 0.05) is 37.1 Å². The summed E-state index contributed by atoms with van der Waals surface area (Å²) in [4.78, 5) is 115. The highest BCUT2D eigenvalue weighted by atomic mass is 16.3. The van der Waals surface area contributed by atoms with Gasteiger partial charge >= 0.3 is 0 Å². The predicted molar refractivity (Wildman–Crippen MR) is 280 cm³/mol. The van der Waals surface area contributed by atoms with E-state index in [1.165, 1.54) is 15.9 Å². The Morgan fingerprint density at radius 2 is 0.892 bits per heavy atom. The van der Waals surface area contributed by atoms with E-state index < -0.39 is 120 Å². The normalized spacial score (nSPS) is 20.3. The van der Waals surface area contributed by atoms with Gasteiger partial charge in [-0.25, -0.2) is 0 Å². The summed E-state index contributed by atoms with van der Waals surface area (Å²) in [5.74, 6) is -4.49. The van der Waals surface area contributed by atoms with Crippen LogP contribution in [0, 0.1) is 22.7 Å². The van der Waals surface area contributed by atoms with Crippen LogP contribution in [0.25, 0.3) is 0 Å². The summed E-state index contributed by atoms with van der Waals surface area (Å²) in [6, 6.07) is 17.2. The molecule has 0 radical (unpaired) electrons. The summed E-state index contributed by atoms with van der Waals surface area (Å²) in [7, 11) is 3.26. The van der Waals surface area contributed by atoms with E-state index in [2.05, 4.69) is 31.9 Å². The Bertz CT molecular complexity index is 2290. The Hall–Kier alpha value is -6.34. The van der Waals surface area contributed by atoms with Crippen molar-refractivity contribution in [3.05, 3.63) is 107 Å². The van der Waals surface area contributed by atoms with Crippen molar-refractivity contribution < 1.29 is 48.6 Å². The Balaban J connectivity index is 1.37. The molecule has 3 aromatic carbocycles. The number of nitrogens with one attached hydrogen (secondary N) is 6. The van der Waals surface area contributed by atoms with Crippen LogP contribution in [0.2, 0.25) is 0 Å². The van der Waals surface area contributed by atoms with E-state index in [4.69, 9.17) is 0 Å². The number of likely N-dealkylation sites (N-methyl/N-ethyl adjacent to an activating group) is 2. The van der Waals surface area contributed by atoms with Crippen molar-refractivity contribution in [2.24, 2.45) is 22.7 Å². The standard InChI is InChI=1S/C56H78N8O10/c1-33(57-9)49(69)61-47(55(3,4)5)53(73)63-29-35(24-43(63)51(71)59-41(31-65)37-18-13-11-14-19-37)26-45(67)39-22-17-23-40(28-39)46(68)27-36-25-44(52(72)60-42(32-66)38-20-15-12-16-21-38)64(30-36)54(74)48(56(6,7)8)62-50(70)34(2)58-10/h11-23,28,33-36,41-44,47-48,57-58,65-66H,24-27,29-32H2,1-10H3,(H,59,71)(H,60,72)(H,61,69)(H,62,70)/t33-,34-,35+,36+,41+,42+,43-,44-,47+,48+/m0/s1. The van der Waals surface area contributed by atoms with Crippen LogP contribution in [0.4, 0.5) is 0 Å². The lowest BCUT2D eigenvalue weighted by atomic mass is 9.85. The Kier molecular flexibility index (Phi) is 20.4. The molecule has 2 heterocycles. The lowest BCUT2D eigenvalue weighted by Crippen LogP contribution is -2.59. The lowest BCUT2D eigenvalue weighted by Gasteiger charge is -2.36. The lowest BCUT2D eigenvalue weighted by molar-refractivity contribution is -0.144. The number of benzene rings is 3. The summed E-state index contributed by atoms with van der Waals surface area (Å²) in [6.07, 6.45) is 0.0564. The second-order valence-corrected chi connectivity index (χ2v) is 22.0. The molecule has 74 heavy (non-hydrogen) atoms. The van der Waals surface area contributed by atoms with E-state index in [-0.39, 0.29) is 61.5 Å². The van der Waals surface area contributed by atoms with Gasteiger partial charge in [-0.15, -0.1) is 0 Å². The third kappa shape index (κ3) is 14.9. The third-order valence-corrected chi connectivity index (χ3v) is 14.3. The molecule has 10 atom stereocenters. The smallest absolute Gasteiger partial charge is 0.246 e. The first-order valence-electron chi connectivity index (χ1n) is 25.6. The summed E-state index contributed by atoms with van der Waals surface area (Å²) in [5, 5.41) is 37.9. The maximum atomic E-state index is 14.6. The van der Waals surface area contributed by atoms with Crippen LogP contribution >= 0.6 is 0 Å². The minimum Gasteiger partial charge on any atom is -0.394 e. The number of amides is 6. The molecule has 0 unspecified atom stereocenters. The molecule has 0 aromatic heterocycles. The van der Waals surface area contributed by atoms with Gasteiger partial charge in [0.05, 0.1) is 37.4 Å². The van der Waals surface area contributed by atoms with Crippen LogP contribution in [0.15, 0.2) is 84.9 Å². The first-order chi connectivity index (χ1) is 34.9. The minimum absolute atomic E-state index is 0.0186. The maximum absolute atomic E-state index is 14.6. The summed E-state index contributed by atoms with van der Waals surface area (Å²) >= 11 is 0. The van der Waals surface area contributed by atoms with Crippen molar-refractivity contribution in [2.45, 2.75) is 129 Å². The molecule has 8 N–H and O–H groups in total. The molecule has 5 rings (SSSR count). The van der Waals surface area contributed by atoms with E-state index in [0.29, 0.717) is 11.1 Å². The van der Waals surface area contributed by atoms with Crippen molar-refractivity contribution >= 4 is 47.0 Å². The molecular formula is C56H78N8O10. The number of carbonyl (C=O) groups is 8. The van der Waals surface area contributed by atoms with Gasteiger partial charge in [-0.1, -0.05) is 120 Å². The zero-order valence-electron chi connectivity index (χ0n) is 44.6. The number of rotatable bonds is 22. The van der Waals surface area contributed by atoms with Crippen molar-refractivity contribution in [1.29, 1.82) is 0 Å². The van der Waals surface area contributed by atoms with Gasteiger partial charge in [0.2, 0.25) is 35.4 Å². The van der Waals surface area contributed by atoms with Gasteiger partial charge < -0.3 is 51.9 Å². The van der Waals surface area contributed by atoms with Crippen molar-refractivity contribution in [3.63, 3.8) is 0 Å². The average Bonchev–Trinajstić information content (AvgIpc) is 4.01. The fourth-order valence-corrected chi connectivity index (χ4v) is 9.55. The molecule has 6 amide bonds. The summed E-state index contributed by atoms with van der Waals surface area (Å²) in [5.41, 5.74) is 0.251. The SMILES string of the molecule is CN[C@@H](C)C(=O)N[C@H](C(=O)N1C[C@@H](CC(=O)c2cccc(C(=O)C[C@H]3C[C@@H](C(=O)N[C@H](CO)c4ccccc4)N(C(=O)[C@@H](NC(=O)[C@H](C)NC)C(C)(C)C)C3)c2)C[C@H]1C(=O)N[C@H](CO)c1ccccc1)C(C)(C)C. The van der Waals surface area contributed by atoms with E-state index in [9.17, 15) is 48.6 Å². The molecule has 2 aliphatic rings. The zero-order valence-corrected chi connectivity index (χ0v) is 44.6. The van der Waals surface area contributed by atoms with E-state index >= 15 is 0 Å². The van der Waals surface area contributed by atoms with E-state index in [1.54, 1.807) is 94.7 Å². The maximum Gasteiger partial charge on any atom is 0.246 e. The number of carbonyl (C=O) groups excluding carboxylic acids is 8. The van der Waals surface area contributed by atoms with Crippen LogP contribution in [0.1, 0.15) is 125 Å². The Labute approximate surface area is 435 Å². The number of hydrogen-bond donors (Lipinski definition) is 8. The first-order valence-corrected chi connectivity index (χ1v) is 25.6. The van der Waals surface area contributed by atoms with Crippen LogP contribution in [0.5, 0.6) is 0 Å². The molecular weight excluding hydrogens is 945 g/mol. The topological polar surface area (TPSA) is 256 Å².